The first-order valence-corrected chi connectivity index (χ1v) is 10.9. The molecule has 4 rings (SSSR count). The standard InChI is InChI=1S/C24H34N4/c1-3-21(2)28(23-11-7-8-14-25-23)20-24(12-13-24)27-17-15-26(16-18-27)19-22-9-5-4-6-10-22/h4-11,14,21H,3,12-13,15-20H2,1-2H3. The summed E-state index contributed by atoms with van der Waals surface area (Å²) in [5.41, 5.74) is 1.79. The average molecular weight is 379 g/mol. The van der Waals surface area contributed by atoms with E-state index in [-0.39, 0.29) is 0 Å². The Morgan fingerprint density at radius 2 is 1.71 bits per heavy atom. The van der Waals surface area contributed by atoms with E-state index in [1.165, 1.54) is 44.6 Å². The number of nitrogens with zero attached hydrogens (tertiary/aromatic N) is 4. The zero-order valence-corrected chi connectivity index (χ0v) is 17.4. The van der Waals surface area contributed by atoms with Crippen molar-refractivity contribution < 1.29 is 0 Å². The lowest BCUT2D eigenvalue weighted by molar-refractivity contribution is 0.0822. The molecule has 1 saturated carbocycles. The summed E-state index contributed by atoms with van der Waals surface area (Å²) in [5, 5.41) is 0. The van der Waals surface area contributed by atoms with E-state index in [0.717, 1.165) is 25.3 Å². The zero-order chi connectivity index (χ0) is 19.4. The quantitative estimate of drug-likeness (QED) is 0.691. The summed E-state index contributed by atoms with van der Waals surface area (Å²) < 4.78 is 0. The van der Waals surface area contributed by atoms with Crippen molar-refractivity contribution >= 4 is 5.82 Å². The number of pyridine rings is 1. The van der Waals surface area contributed by atoms with Gasteiger partial charge in [-0.05, 0) is 43.9 Å². The van der Waals surface area contributed by atoms with E-state index in [4.69, 9.17) is 0 Å². The second-order valence-electron chi connectivity index (χ2n) is 8.55. The highest BCUT2D eigenvalue weighted by molar-refractivity contribution is 5.40. The first-order chi connectivity index (χ1) is 13.7. The van der Waals surface area contributed by atoms with Gasteiger partial charge in [0, 0.05) is 57.0 Å². The van der Waals surface area contributed by atoms with Crippen LogP contribution in [0.3, 0.4) is 0 Å². The molecule has 4 heteroatoms. The Balaban J connectivity index is 1.37. The third-order valence-corrected chi connectivity index (χ3v) is 6.65. The number of rotatable bonds is 8. The smallest absolute Gasteiger partial charge is 0.128 e. The van der Waals surface area contributed by atoms with E-state index in [2.05, 4.69) is 76.0 Å². The van der Waals surface area contributed by atoms with Crippen molar-refractivity contribution in [2.45, 2.75) is 51.2 Å². The van der Waals surface area contributed by atoms with Gasteiger partial charge in [-0.15, -0.1) is 0 Å². The van der Waals surface area contributed by atoms with Crippen LogP contribution >= 0.6 is 0 Å². The van der Waals surface area contributed by atoms with Gasteiger partial charge in [0.05, 0.1) is 0 Å². The Morgan fingerprint density at radius 1 is 1.00 bits per heavy atom. The normalized spacial score (nSPS) is 20.6. The van der Waals surface area contributed by atoms with E-state index in [1.54, 1.807) is 0 Å². The lowest BCUT2D eigenvalue weighted by atomic mass is 10.1. The van der Waals surface area contributed by atoms with Crippen LogP contribution in [0.4, 0.5) is 5.82 Å². The zero-order valence-electron chi connectivity index (χ0n) is 17.4. The molecular formula is C24H34N4. The van der Waals surface area contributed by atoms with E-state index in [9.17, 15) is 0 Å². The number of aromatic nitrogens is 1. The highest BCUT2D eigenvalue weighted by Crippen LogP contribution is 2.44. The van der Waals surface area contributed by atoms with Crippen molar-refractivity contribution in [2.75, 3.05) is 37.6 Å². The van der Waals surface area contributed by atoms with Crippen molar-refractivity contribution in [3.05, 3.63) is 60.3 Å². The molecule has 2 aromatic rings. The molecule has 1 aliphatic heterocycles. The molecule has 1 unspecified atom stereocenters. The number of hydrogen-bond donors (Lipinski definition) is 0. The van der Waals surface area contributed by atoms with Crippen LogP contribution in [0.2, 0.25) is 0 Å². The summed E-state index contributed by atoms with van der Waals surface area (Å²) in [5.74, 6) is 1.13. The molecular weight excluding hydrogens is 344 g/mol. The largest absolute Gasteiger partial charge is 0.352 e. The Bertz CT molecular complexity index is 721. The Kier molecular flexibility index (Phi) is 5.98. The minimum atomic E-state index is 0.361. The van der Waals surface area contributed by atoms with Crippen molar-refractivity contribution in [1.82, 2.24) is 14.8 Å². The van der Waals surface area contributed by atoms with Crippen molar-refractivity contribution in [3.8, 4) is 0 Å². The van der Waals surface area contributed by atoms with Crippen LogP contribution in [0.1, 0.15) is 38.7 Å². The highest BCUT2D eigenvalue weighted by Gasteiger charge is 2.50. The van der Waals surface area contributed by atoms with Gasteiger partial charge in [0.1, 0.15) is 5.82 Å². The van der Waals surface area contributed by atoms with Crippen LogP contribution in [0.25, 0.3) is 0 Å². The maximum atomic E-state index is 4.66. The number of anilines is 1. The minimum absolute atomic E-state index is 0.361. The molecule has 1 aromatic carbocycles. The molecule has 28 heavy (non-hydrogen) atoms. The maximum absolute atomic E-state index is 4.66. The predicted molar refractivity (Wildman–Crippen MR) is 117 cm³/mol. The number of hydrogen-bond acceptors (Lipinski definition) is 4. The SMILES string of the molecule is CCC(C)N(CC1(N2CCN(Cc3ccccc3)CC2)CC1)c1ccccn1. The first-order valence-electron chi connectivity index (χ1n) is 10.9. The predicted octanol–water partition coefficient (Wildman–Crippen LogP) is 4.04. The van der Waals surface area contributed by atoms with Gasteiger partial charge in [0.2, 0.25) is 0 Å². The molecule has 2 fully saturated rings. The molecule has 0 bridgehead atoms. The van der Waals surface area contributed by atoms with Crippen LogP contribution < -0.4 is 4.90 Å². The molecule has 0 amide bonds. The van der Waals surface area contributed by atoms with Gasteiger partial charge in [0.25, 0.3) is 0 Å². The maximum Gasteiger partial charge on any atom is 0.128 e. The van der Waals surface area contributed by atoms with Crippen molar-refractivity contribution in [1.29, 1.82) is 0 Å². The van der Waals surface area contributed by atoms with Gasteiger partial charge in [-0.25, -0.2) is 4.98 Å². The average Bonchev–Trinajstić information content (AvgIpc) is 3.54. The third kappa shape index (κ3) is 4.39. The molecule has 0 spiro atoms. The topological polar surface area (TPSA) is 22.6 Å². The summed E-state index contributed by atoms with van der Waals surface area (Å²) in [7, 11) is 0. The molecule has 0 radical (unpaired) electrons. The van der Waals surface area contributed by atoms with Gasteiger partial charge in [-0.3, -0.25) is 9.80 Å². The molecule has 0 N–H and O–H groups in total. The Labute approximate surface area is 170 Å². The summed E-state index contributed by atoms with van der Waals surface area (Å²) in [6, 6.07) is 17.7. The molecule has 1 saturated heterocycles. The minimum Gasteiger partial charge on any atom is -0.352 e. The van der Waals surface area contributed by atoms with E-state index >= 15 is 0 Å². The van der Waals surface area contributed by atoms with Crippen LogP contribution in [0, 0.1) is 0 Å². The monoisotopic (exact) mass is 378 g/mol. The second kappa shape index (κ2) is 8.62. The van der Waals surface area contributed by atoms with Gasteiger partial charge in [-0.1, -0.05) is 43.3 Å². The van der Waals surface area contributed by atoms with Crippen LogP contribution in [-0.2, 0) is 6.54 Å². The van der Waals surface area contributed by atoms with E-state index < -0.39 is 0 Å². The molecule has 1 aromatic heterocycles. The summed E-state index contributed by atoms with van der Waals surface area (Å²) in [6.07, 6.45) is 5.72. The van der Waals surface area contributed by atoms with Gasteiger partial charge in [-0.2, -0.15) is 0 Å². The summed E-state index contributed by atoms with van der Waals surface area (Å²) >= 11 is 0. The fraction of sp³-hybridized carbons (Fsp3) is 0.542. The molecule has 2 heterocycles. The van der Waals surface area contributed by atoms with Crippen molar-refractivity contribution in [2.24, 2.45) is 0 Å². The van der Waals surface area contributed by atoms with Gasteiger partial charge < -0.3 is 4.90 Å². The summed E-state index contributed by atoms with van der Waals surface area (Å²) in [6.45, 7) is 11.5. The highest BCUT2D eigenvalue weighted by atomic mass is 15.3. The first kappa shape index (κ1) is 19.4. The van der Waals surface area contributed by atoms with Crippen LogP contribution in [0.5, 0.6) is 0 Å². The van der Waals surface area contributed by atoms with Gasteiger partial charge >= 0.3 is 0 Å². The second-order valence-corrected chi connectivity index (χ2v) is 8.55. The Hall–Kier alpha value is -1.91. The van der Waals surface area contributed by atoms with E-state index in [1.807, 2.05) is 12.3 Å². The summed E-state index contributed by atoms with van der Waals surface area (Å²) in [4.78, 5) is 12.6. The molecule has 2 aliphatic rings. The number of piperazine rings is 1. The molecule has 1 aliphatic carbocycles. The lowest BCUT2D eigenvalue weighted by Crippen LogP contribution is -2.55. The number of benzene rings is 1. The fourth-order valence-electron chi connectivity index (χ4n) is 4.46. The Morgan fingerprint density at radius 3 is 2.32 bits per heavy atom. The van der Waals surface area contributed by atoms with E-state index in [0.29, 0.717) is 11.6 Å². The lowest BCUT2D eigenvalue weighted by Gasteiger charge is -2.43. The molecule has 150 valence electrons. The van der Waals surface area contributed by atoms with Crippen LogP contribution in [0.15, 0.2) is 54.7 Å². The fourth-order valence-corrected chi connectivity index (χ4v) is 4.46. The third-order valence-electron chi connectivity index (χ3n) is 6.65. The van der Waals surface area contributed by atoms with Gasteiger partial charge in [0.15, 0.2) is 0 Å². The van der Waals surface area contributed by atoms with Crippen molar-refractivity contribution in [3.63, 3.8) is 0 Å². The molecule has 1 atom stereocenters. The molecule has 4 nitrogen and oxygen atoms in total. The van der Waals surface area contributed by atoms with Crippen LogP contribution in [-0.4, -0.2) is 59.1 Å².